The van der Waals surface area contributed by atoms with Crippen molar-refractivity contribution in [3.05, 3.63) is 71.4 Å². The van der Waals surface area contributed by atoms with Crippen molar-refractivity contribution in [2.45, 2.75) is 51.4 Å². The van der Waals surface area contributed by atoms with Crippen LogP contribution in [0.1, 0.15) is 47.3 Å². The number of rotatable bonds is 7. The average Bonchev–Trinajstić information content (AvgIpc) is 3.23. The Morgan fingerprint density at radius 3 is 2.74 bits per heavy atom. The lowest BCUT2D eigenvalue weighted by molar-refractivity contribution is -0.0174. The molecule has 7 heteroatoms. The number of nitrogens with zero attached hydrogens (tertiary/aromatic N) is 1. The number of carboxylic acids is 1. The maximum atomic E-state index is 13.1. The van der Waals surface area contributed by atoms with Crippen molar-refractivity contribution in [3.8, 4) is 17.2 Å². The molecule has 1 aliphatic carbocycles. The molecule has 1 fully saturated rings. The Bertz CT molecular complexity index is 1050. The van der Waals surface area contributed by atoms with Gasteiger partial charge in [0.25, 0.3) is 0 Å². The highest BCUT2D eigenvalue weighted by Crippen LogP contribution is 2.28. The molecule has 1 saturated carbocycles. The van der Waals surface area contributed by atoms with Crippen LogP contribution in [0, 0.1) is 12.7 Å². The zero-order chi connectivity index (χ0) is 21.8. The summed E-state index contributed by atoms with van der Waals surface area (Å²) in [5, 5.41) is 9.30. The van der Waals surface area contributed by atoms with E-state index >= 15 is 0 Å². The van der Waals surface area contributed by atoms with Gasteiger partial charge >= 0.3 is 5.97 Å². The fourth-order valence-electron chi connectivity index (χ4n) is 3.76. The lowest BCUT2D eigenvalue weighted by Crippen LogP contribution is -2.30. The number of aromatic nitrogens is 1. The highest BCUT2D eigenvalue weighted by Gasteiger charge is 2.25. The molecule has 162 valence electrons. The van der Waals surface area contributed by atoms with Gasteiger partial charge in [0.05, 0.1) is 18.3 Å². The first kappa shape index (κ1) is 21.1. The third kappa shape index (κ3) is 5.30. The van der Waals surface area contributed by atoms with E-state index in [2.05, 4.69) is 4.98 Å². The first-order chi connectivity index (χ1) is 15.0. The Kier molecular flexibility index (Phi) is 6.32. The molecule has 0 spiro atoms. The van der Waals surface area contributed by atoms with E-state index in [1.807, 2.05) is 0 Å². The number of hydrogen-bond acceptors (Lipinski definition) is 5. The van der Waals surface area contributed by atoms with Crippen molar-refractivity contribution in [3.63, 3.8) is 0 Å². The summed E-state index contributed by atoms with van der Waals surface area (Å²) < 4.78 is 30.6. The summed E-state index contributed by atoms with van der Waals surface area (Å²) in [4.78, 5) is 15.8. The molecule has 31 heavy (non-hydrogen) atoms. The summed E-state index contributed by atoms with van der Waals surface area (Å²) >= 11 is 0. The van der Waals surface area contributed by atoms with Gasteiger partial charge in [0, 0.05) is 12.0 Å². The van der Waals surface area contributed by atoms with Crippen molar-refractivity contribution >= 4 is 5.97 Å². The van der Waals surface area contributed by atoms with Crippen LogP contribution in [0.2, 0.25) is 0 Å². The van der Waals surface area contributed by atoms with Crippen LogP contribution in [0.5, 0.6) is 5.75 Å². The Hall–Kier alpha value is -3.19. The van der Waals surface area contributed by atoms with E-state index in [-0.39, 0.29) is 23.6 Å². The highest BCUT2D eigenvalue weighted by molar-refractivity contribution is 5.89. The molecule has 4 rings (SSSR count). The van der Waals surface area contributed by atoms with E-state index < -0.39 is 5.97 Å². The highest BCUT2D eigenvalue weighted by atomic mass is 19.1. The molecular weight excluding hydrogens is 401 g/mol. The second-order valence-corrected chi connectivity index (χ2v) is 7.77. The van der Waals surface area contributed by atoms with Crippen molar-refractivity contribution in [1.29, 1.82) is 0 Å². The van der Waals surface area contributed by atoms with E-state index in [4.69, 9.17) is 13.9 Å². The molecule has 1 heterocycles. The van der Waals surface area contributed by atoms with Crippen molar-refractivity contribution < 1.29 is 28.2 Å². The van der Waals surface area contributed by atoms with E-state index in [1.165, 1.54) is 12.1 Å². The largest absolute Gasteiger partial charge is 0.490 e. The number of aromatic carboxylic acids is 1. The van der Waals surface area contributed by atoms with E-state index in [0.717, 1.165) is 25.7 Å². The molecule has 3 aromatic rings. The standard InChI is InChI=1S/C24H24FNO5/c1-15-5-10-21(12-22(15)24(27)28)31-20-4-2-3-19(11-20)29-13-18-14-30-23(26-18)16-6-8-17(25)9-7-16/h5-10,12,14,19-20H,2-4,11,13H2,1H3,(H,27,28)/t19-,20+/m0/s1. The normalized spacial score (nSPS) is 18.6. The molecule has 1 N–H and O–H groups in total. The van der Waals surface area contributed by atoms with Gasteiger partial charge in [0.2, 0.25) is 5.89 Å². The van der Waals surface area contributed by atoms with Gasteiger partial charge < -0.3 is 19.0 Å². The van der Waals surface area contributed by atoms with Crippen molar-refractivity contribution in [1.82, 2.24) is 4.98 Å². The van der Waals surface area contributed by atoms with E-state index in [0.29, 0.717) is 35.1 Å². The van der Waals surface area contributed by atoms with Gasteiger partial charge in [-0.25, -0.2) is 14.2 Å². The first-order valence-corrected chi connectivity index (χ1v) is 10.3. The quantitative estimate of drug-likeness (QED) is 0.546. The van der Waals surface area contributed by atoms with Crippen LogP contribution in [0.4, 0.5) is 4.39 Å². The second kappa shape index (κ2) is 9.31. The lowest BCUT2D eigenvalue weighted by Gasteiger charge is -2.29. The average molecular weight is 425 g/mol. The molecule has 6 nitrogen and oxygen atoms in total. The number of halogens is 1. The molecule has 2 atom stereocenters. The summed E-state index contributed by atoms with van der Waals surface area (Å²) in [5.74, 6) is -0.274. The number of benzene rings is 2. The van der Waals surface area contributed by atoms with Crippen LogP contribution in [0.15, 0.2) is 53.1 Å². The molecule has 0 amide bonds. The summed E-state index contributed by atoms with van der Waals surface area (Å²) in [5.41, 5.74) is 2.34. The second-order valence-electron chi connectivity index (χ2n) is 7.77. The number of carbonyl (C=O) groups is 1. The monoisotopic (exact) mass is 425 g/mol. The van der Waals surface area contributed by atoms with E-state index in [1.54, 1.807) is 43.5 Å². The Balaban J connectivity index is 1.32. The van der Waals surface area contributed by atoms with Crippen molar-refractivity contribution in [2.75, 3.05) is 0 Å². The zero-order valence-electron chi connectivity index (χ0n) is 17.2. The molecular formula is C24H24FNO5. The Labute approximate surface area is 179 Å². The summed E-state index contributed by atoms with van der Waals surface area (Å²) in [6.45, 7) is 2.08. The number of aryl methyl sites for hydroxylation is 1. The molecule has 2 aromatic carbocycles. The van der Waals surface area contributed by atoms with Crippen LogP contribution in [0.25, 0.3) is 11.5 Å². The maximum absolute atomic E-state index is 13.1. The van der Waals surface area contributed by atoms with Gasteiger partial charge in [-0.1, -0.05) is 6.07 Å². The molecule has 0 aliphatic heterocycles. The summed E-state index contributed by atoms with van der Waals surface area (Å²) in [6.07, 6.45) is 5.05. The van der Waals surface area contributed by atoms with Crippen molar-refractivity contribution in [2.24, 2.45) is 0 Å². The molecule has 0 unspecified atom stereocenters. The van der Waals surface area contributed by atoms with Crippen LogP contribution < -0.4 is 4.74 Å². The molecule has 1 aromatic heterocycles. The Morgan fingerprint density at radius 2 is 1.97 bits per heavy atom. The summed E-state index contributed by atoms with van der Waals surface area (Å²) in [6, 6.07) is 11.1. The molecule has 1 aliphatic rings. The fraction of sp³-hybridized carbons (Fsp3) is 0.333. The van der Waals surface area contributed by atoms with Gasteiger partial charge in [-0.15, -0.1) is 0 Å². The fourth-order valence-corrected chi connectivity index (χ4v) is 3.76. The zero-order valence-corrected chi connectivity index (χ0v) is 17.2. The minimum atomic E-state index is -0.958. The smallest absolute Gasteiger partial charge is 0.336 e. The van der Waals surface area contributed by atoms with Crippen LogP contribution in [-0.4, -0.2) is 28.3 Å². The Morgan fingerprint density at radius 1 is 1.19 bits per heavy atom. The van der Waals surface area contributed by atoms with Gasteiger partial charge in [-0.05, 0) is 68.1 Å². The van der Waals surface area contributed by atoms with Gasteiger partial charge in [0.15, 0.2) is 0 Å². The van der Waals surface area contributed by atoms with E-state index in [9.17, 15) is 14.3 Å². The SMILES string of the molecule is Cc1ccc(O[C@@H]2CCC[C@H](OCc3coc(-c4ccc(F)cc4)n3)C2)cc1C(=O)O. The predicted molar refractivity (Wildman–Crippen MR) is 111 cm³/mol. The maximum Gasteiger partial charge on any atom is 0.336 e. The number of hydrogen-bond donors (Lipinski definition) is 1. The van der Waals surface area contributed by atoms with Crippen LogP contribution in [0.3, 0.4) is 0 Å². The summed E-state index contributed by atoms with van der Waals surface area (Å²) in [7, 11) is 0. The number of ether oxygens (including phenoxy) is 2. The van der Waals surface area contributed by atoms with Gasteiger partial charge in [0.1, 0.15) is 29.6 Å². The first-order valence-electron chi connectivity index (χ1n) is 10.3. The lowest BCUT2D eigenvalue weighted by atomic mass is 9.94. The minimum absolute atomic E-state index is 0.0223. The predicted octanol–water partition coefficient (Wildman–Crippen LogP) is 5.39. The third-order valence-electron chi connectivity index (χ3n) is 5.43. The van der Waals surface area contributed by atoms with Crippen LogP contribution >= 0.6 is 0 Å². The molecule has 0 radical (unpaired) electrons. The topological polar surface area (TPSA) is 81.8 Å². The minimum Gasteiger partial charge on any atom is -0.490 e. The van der Waals surface area contributed by atoms with Gasteiger partial charge in [-0.3, -0.25) is 0 Å². The van der Waals surface area contributed by atoms with Gasteiger partial charge in [-0.2, -0.15) is 0 Å². The number of carboxylic acid groups (broad SMARTS) is 1. The van der Waals surface area contributed by atoms with Crippen LogP contribution in [-0.2, 0) is 11.3 Å². The number of oxazole rings is 1. The molecule has 0 bridgehead atoms. The molecule has 0 saturated heterocycles. The third-order valence-corrected chi connectivity index (χ3v) is 5.43.